The van der Waals surface area contributed by atoms with Gasteiger partial charge in [-0.05, 0) is 55.4 Å². The summed E-state index contributed by atoms with van der Waals surface area (Å²) >= 11 is 0. The van der Waals surface area contributed by atoms with Gasteiger partial charge in [0.25, 0.3) is 5.91 Å². The largest absolute Gasteiger partial charge is 0.338 e. The van der Waals surface area contributed by atoms with Gasteiger partial charge in [0.15, 0.2) is 0 Å². The Morgan fingerprint density at radius 3 is 2.80 bits per heavy atom. The van der Waals surface area contributed by atoms with E-state index in [0.29, 0.717) is 17.4 Å². The fourth-order valence-electron chi connectivity index (χ4n) is 3.72. The van der Waals surface area contributed by atoms with Crippen LogP contribution in [0.3, 0.4) is 0 Å². The van der Waals surface area contributed by atoms with Crippen LogP contribution >= 0.6 is 0 Å². The van der Waals surface area contributed by atoms with E-state index in [2.05, 4.69) is 0 Å². The molecule has 1 aromatic rings. The highest BCUT2D eigenvalue weighted by Crippen LogP contribution is 2.36. The van der Waals surface area contributed by atoms with Crippen molar-refractivity contribution in [2.24, 2.45) is 17.6 Å². The molecule has 1 amide bonds. The second-order valence-corrected chi connectivity index (χ2v) is 6.25. The molecule has 3 nitrogen and oxygen atoms in total. The van der Waals surface area contributed by atoms with Gasteiger partial charge >= 0.3 is 0 Å². The maximum absolute atomic E-state index is 13.4. The fourth-order valence-corrected chi connectivity index (χ4v) is 3.72. The van der Waals surface area contributed by atoms with Gasteiger partial charge in [-0.3, -0.25) is 4.79 Å². The van der Waals surface area contributed by atoms with Crippen molar-refractivity contribution in [2.75, 3.05) is 13.1 Å². The Bertz CT molecular complexity index is 511. The number of amides is 1. The summed E-state index contributed by atoms with van der Waals surface area (Å²) in [5.41, 5.74) is 7.40. The van der Waals surface area contributed by atoms with Crippen molar-refractivity contribution in [1.29, 1.82) is 0 Å². The van der Waals surface area contributed by atoms with Crippen LogP contribution in [0.1, 0.15) is 35.2 Å². The fraction of sp³-hybridized carbons (Fsp3) is 0.562. The van der Waals surface area contributed by atoms with Crippen LogP contribution in [0.2, 0.25) is 0 Å². The molecule has 1 aliphatic carbocycles. The third-order valence-electron chi connectivity index (χ3n) is 4.73. The first-order chi connectivity index (χ1) is 9.54. The number of rotatable bonds is 1. The van der Waals surface area contributed by atoms with Crippen LogP contribution in [-0.2, 0) is 0 Å². The number of carbonyl (C=O) groups is 1. The van der Waals surface area contributed by atoms with E-state index in [4.69, 9.17) is 5.73 Å². The predicted octanol–water partition coefficient (Wildman–Crippen LogP) is 2.33. The van der Waals surface area contributed by atoms with Gasteiger partial charge in [0.2, 0.25) is 0 Å². The predicted molar refractivity (Wildman–Crippen MR) is 75.8 cm³/mol. The summed E-state index contributed by atoms with van der Waals surface area (Å²) in [6.45, 7) is 3.30. The van der Waals surface area contributed by atoms with E-state index in [9.17, 15) is 9.18 Å². The summed E-state index contributed by atoms with van der Waals surface area (Å²) in [5, 5.41) is 0. The third kappa shape index (κ3) is 2.44. The van der Waals surface area contributed by atoms with Gasteiger partial charge in [-0.1, -0.05) is 6.42 Å². The average Bonchev–Trinajstić information content (AvgIpc) is 2.82. The minimum absolute atomic E-state index is 0.0609. The molecule has 1 saturated heterocycles. The van der Waals surface area contributed by atoms with E-state index in [0.717, 1.165) is 37.9 Å². The van der Waals surface area contributed by atoms with Crippen molar-refractivity contribution in [3.05, 3.63) is 35.1 Å². The quantitative estimate of drug-likeness (QED) is 0.855. The van der Waals surface area contributed by atoms with Crippen molar-refractivity contribution in [3.63, 3.8) is 0 Å². The maximum Gasteiger partial charge on any atom is 0.253 e. The molecule has 1 saturated carbocycles. The molecule has 2 aliphatic rings. The first kappa shape index (κ1) is 13.6. The first-order valence-corrected chi connectivity index (χ1v) is 7.36. The Labute approximate surface area is 118 Å². The molecule has 0 bridgehead atoms. The normalized spacial score (nSPS) is 29.4. The molecule has 3 unspecified atom stereocenters. The third-order valence-corrected chi connectivity index (χ3v) is 4.73. The standard InChI is InChI=1S/C16H21FN2O/c1-10-5-12(7-13(17)6-10)16(20)19-8-11-3-2-4-15(18)14(11)9-19/h5-7,11,14-15H,2-4,8-9,18H2,1H3. The summed E-state index contributed by atoms with van der Waals surface area (Å²) in [7, 11) is 0. The van der Waals surface area contributed by atoms with Crippen LogP contribution in [0, 0.1) is 24.6 Å². The van der Waals surface area contributed by atoms with E-state index in [1.165, 1.54) is 12.1 Å². The van der Waals surface area contributed by atoms with Crippen LogP contribution in [0.25, 0.3) is 0 Å². The number of likely N-dealkylation sites (tertiary alicyclic amines) is 1. The van der Waals surface area contributed by atoms with E-state index < -0.39 is 0 Å². The van der Waals surface area contributed by atoms with Gasteiger partial charge in [-0.25, -0.2) is 4.39 Å². The van der Waals surface area contributed by atoms with Gasteiger partial charge in [0, 0.05) is 24.7 Å². The number of carbonyl (C=O) groups excluding carboxylic acids is 1. The van der Waals surface area contributed by atoms with E-state index in [1.54, 1.807) is 13.0 Å². The Balaban J connectivity index is 1.78. The topological polar surface area (TPSA) is 46.3 Å². The van der Waals surface area contributed by atoms with Crippen molar-refractivity contribution in [2.45, 2.75) is 32.2 Å². The number of hydrogen-bond acceptors (Lipinski definition) is 2. The van der Waals surface area contributed by atoms with Crippen LogP contribution in [0.15, 0.2) is 18.2 Å². The minimum atomic E-state index is -0.346. The van der Waals surface area contributed by atoms with Gasteiger partial charge in [-0.2, -0.15) is 0 Å². The van der Waals surface area contributed by atoms with Gasteiger partial charge in [-0.15, -0.1) is 0 Å². The average molecular weight is 276 g/mol. The monoisotopic (exact) mass is 276 g/mol. The van der Waals surface area contributed by atoms with E-state index in [1.807, 2.05) is 4.90 Å². The number of aryl methyl sites for hydroxylation is 1. The molecule has 1 heterocycles. The highest BCUT2D eigenvalue weighted by atomic mass is 19.1. The van der Waals surface area contributed by atoms with Crippen molar-refractivity contribution >= 4 is 5.91 Å². The molecule has 108 valence electrons. The zero-order chi connectivity index (χ0) is 14.3. The highest BCUT2D eigenvalue weighted by molar-refractivity contribution is 5.94. The lowest BCUT2D eigenvalue weighted by Gasteiger charge is -2.29. The van der Waals surface area contributed by atoms with Gasteiger partial charge in [0.05, 0.1) is 0 Å². The summed E-state index contributed by atoms with van der Waals surface area (Å²) in [6.07, 6.45) is 3.37. The van der Waals surface area contributed by atoms with Crippen LogP contribution in [0.5, 0.6) is 0 Å². The highest BCUT2D eigenvalue weighted by Gasteiger charge is 2.40. The van der Waals surface area contributed by atoms with Crippen molar-refractivity contribution in [3.8, 4) is 0 Å². The van der Waals surface area contributed by atoms with Crippen LogP contribution in [-0.4, -0.2) is 29.9 Å². The molecule has 20 heavy (non-hydrogen) atoms. The van der Waals surface area contributed by atoms with Crippen LogP contribution in [0.4, 0.5) is 4.39 Å². The smallest absolute Gasteiger partial charge is 0.253 e. The number of nitrogens with two attached hydrogens (primary N) is 1. The Hall–Kier alpha value is -1.42. The summed E-state index contributed by atoms with van der Waals surface area (Å²) in [5.74, 6) is 0.538. The molecule has 1 aliphatic heterocycles. The lowest BCUT2D eigenvalue weighted by atomic mass is 9.78. The molecular weight excluding hydrogens is 255 g/mol. The maximum atomic E-state index is 13.4. The van der Waals surface area contributed by atoms with Crippen molar-refractivity contribution < 1.29 is 9.18 Å². The van der Waals surface area contributed by atoms with Gasteiger partial charge in [0.1, 0.15) is 5.82 Å². The van der Waals surface area contributed by atoms with Crippen LogP contribution < -0.4 is 5.73 Å². The number of fused-ring (bicyclic) bond motifs is 1. The van der Waals surface area contributed by atoms with E-state index >= 15 is 0 Å². The number of halogens is 1. The molecule has 0 radical (unpaired) electrons. The zero-order valence-corrected chi connectivity index (χ0v) is 11.8. The molecule has 3 atom stereocenters. The molecule has 4 heteroatoms. The molecule has 3 rings (SSSR count). The number of benzene rings is 1. The Morgan fingerprint density at radius 1 is 1.30 bits per heavy atom. The Kier molecular flexibility index (Phi) is 3.50. The first-order valence-electron chi connectivity index (χ1n) is 7.36. The molecule has 2 fully saturated rings. The Morgan fingerprint density at radius 2 is 2.10 bits per heavy atom. The van der Waals surface area contributed by atoms with Gasteiger partial charge < -0.3 is 10.6 Å². The SMILES string of the molecule is Cc1cc(F)cc(C(=O)N2CC3CCCC(N)C3C2)c1. The summed E-state index contributed by atoms with van der Waals surface area (Å²) in [4.78, 5) is 14.4. The number of hydrogen-bond donors (Lipinski definition) is 1. The summed E-state index contributed by atoms with van der Waals surface area (Å²) < 4.78 is 13.4. The molecule has 0 spiro atoms. The lowest BCUT2D eigenvalue weighted by Crippen LogP contribution is -2.38. The molecule has 0 aromatic heterocycles. The molecular formula is C16H21FN2O. The molecule has 1 aromatic carbocycles. The van der Waals surface area contributed by atoms with Crippen molar-refractivity contribution in [1.82, 2.24) is 4.90 Å². The summed E-state index contributed by atoms with van der Waals surface area (Å²) in [6, 6.07) is 4.74. The lowest BCUT2D eigenvalue weighted by molar-refractivity contribution is 0.0783. The minimum Gasteiger partial charge on any atom is -0.338 e. The molecule has 2 N–H and O–H groups in total. The second kappa shape index (κ2) is 5.17. The second-order valence-electron chi connectivity index (χ2n) is 6.25. The zero-order valence-electron chi connectivity index (χ0n) is 11.8. The van der Waals surface area contributed by atoms with E-state index in [-0.39, 0.29) is 17.8 Å². The number of nitrogens with zero attached hydrogens (tertiary/aromatic N) is 1.